The lowest BCUT2D eigenvalue weighted by molar-refractivity contribution is -0.384. The van der Waals surface area contributed by atoms with Crippen LogP contribution in [0.5, 0.6) is 0 Å². The van der Waals surface area contributed by atoms with Crippen molar-refractivity contribution in [3.05, 3.63) is 33.9 Å². The first-order valence-electron chi connectivity index (χ1n) is 5.29. The van der Waals surface area contributed by atoms with E-state index in [4.69, 9.17) is 10.5 Å². The molecule has 0 aliphatic rings. The van der Waals surface area contributed by atoms with Gasteiger partial charge in [0.25, 0.3) is 5.69 Å². The smallest absolute Gasteiger partial charge is 0.292 e. The van der Waals surface area contributed by atoms with E-state index in [0.29, 0.717) is 6.61 Å². The average molecular weight is 253 g/mol. The number of rotatable bonds is 6. The fourth-order valence-electron chi connectivity index (χ4n) is 1.52. The van der Waals surface area contributed by atoms with Gasteiger partial charge in [-0.3, -0.25) is 14.9 Å². The van der Waals surface area contributed by atoms with Crippen LogP contribution in [0.1, 0.15) is 17.3 Å². The predicted molar refractivity (Wildman–Crippen MR) is 66.6 cm³/mol. The van der Waals surface area contributed by atoms with Gasteiger partial charge in [0, 0.05) is 24.8 Å². The van der Waals surface area contributed by atoms with E-state index in [1.807, 2.05) is 6.92 Å². The Morgan fingerprint density at radius 1 is 1.61 bits per heavy atom. The van der Waals surface area contributed by atoms with Gasteiger partial charge in [0.1, 0.15) is 5.69 Å². The topological polar surface area (TPSA) is 107 Å². The van der Waals surface area contributed by atoms with Crippen molar-refractivity contribution in [2.24, 2.45) is 5.73 Å². The maximum Gasteiger partial charge on any atom is 0.292 e. The number of carbonyl (C=O) groups is 1. The van der Waals surface area contributed by atoms with Gasteiger partial charge in [-0.1, -0.05) is 0 Å². The van der Waals surface area contributed by atoms with Crippen LogP contribution >= 0.6 is 0 Å². The number of nitrogens with two attached hydrogens (primary N) is 1. The molecule has 3 N–H and O–H groups in total. The minimum absolute atomic E-state index is 0.108. The second-order valence-electron chi connectivity index (χ2n) is 3.85. The summed E-state index contributed by atoms with van der Waals surface area (Å²) in [5, 5.41) is 13.8. The van der Waals surface area contributed by atoms with Crippen molar-refractivity contribution >= 4 is 17.3 Å². The van der Waals surface area contributed by atoms with E-state index in [1.165, 1.54) is 25.3 Å². The summed E-state index contributed by atoms with van der Waals surface area (Å²) in [4.78, 5) is 21.4. The molecule has 0 saturated carbocycles. The van der Waals surface area contributed by atoms with Crippen molar-refractivity contribution in [3.8, 4) is 0 Å². The Bertz CT molecular complexity index is 462. The number of anilines is 1. The quantitative estimate of drug-likeness (QED) is 0.583. The Balaban J connectivity index is 3.07. The van der Waals surface area contributed by atoms with Crippen LogP contribution in [0.4, 0.5) is 11.4 Å². The number of carbonyl (C=O) groups excluding carboxylic acids is 1. The zero-order chi connectivity index (χ0) is 13.7. The predicted octanol–water partition coefficient (Wildman–Crippen LogP) is 1.14. The number of primary amides is 1. The largest absolute Gasteiger partial charge is 0.383 e. The number of methoxy groups -OCH3 is 1. The SMILES string of the molecule is COCC(C)Nc1cc(C(N)=O)ccc1[N+](=O)[O-]. The summed E-state index contributed by atoms with van der Waals surface area (Å²) in [6.45, 7) is 2.20. The van der Waals surface area contributed by atoms with Crippen molar-refractivity contribution in [3.63, 3.8) is 0 Å². The summed E-state index contributed by atoms with van der Waals surface area (Å²) in [7, 11) is 1.53. The zero-order valence-electron chi connectivity index (χ0n) is 10.2. The van der Waals surface area contributed by atoms with Gasteiger partial charge in [-0.2, -0.15) is 0 Å². The Labute approximate surface area is 104 Å². The number of nitro benzene ring substituents is 1. The normalized spacial score (nSPS) is 11.9. The molecule has 98 valence electrons. The average Bonchev–Trinajstić information content (AvgIpc) is 2.28. The lowest BCUT2D eigenvalue weighted by Crippen LogP contribution is -2.22. The zero-order valence-corrected chi connectivity index (χ0v) is 10.2. The van der Waals surface area contributed by atoms with E-state index in [0.717, 1.165) is 0 Å². The van der Waals surface area contributed by atoms with Crippen LogP contribution in [0.2, 0.25) is 0 Å². The minimum atomic E-state index is -0.632. The third-order valence-electron chi connectivity index (χ3n) is 2.30. The van der Waals surface area contributed by atoms with Gasteiger partial charge < -0.3 is 15.8 Å². The Kier molecular flexibility index (Phi) is 4.61. The van der Waals surface area contributed by atoms with Crippen LogP contribution in [0.3, 0.4) is 0 Å². The van der Waals surface area contributed by atoms with Gasteiger partial charge in [-0.05, 0) is 19.1 Å². The van der Waals surface area contributed by atoms with Crippen LogP contribution in [-0.2, 0) is 4.74 Å². The molecule has 0 aliphatic heterocycles. The molecule has 0 heterocycles. The highest BCUT2D eigenvalue weighted by atomic mass is 16.6. The molecular weight excluding hydrogens is 238 g/mol. The molecule has 0 aromatic heterocycles. The van der Waals surface area contributed by atoms with E-state index >= 15 is 0 Å². The number of amides is 1. The molecule has 1 amide bonds. The third kappa shape index (κ3) is 3.42. The van der Waals surface area contributed by atoms with E-state index in [1.54, 1.807) is 0 Å². The van der Waals surface area contributed by atoms with Crippen LogP contribution in [0, 0.1) is 10.1 Å². The van der Waals surface area contributed by atoms with Crippen molar-refractivity contribution < 1.29 is 14.5 Å². The molecule has 0 spiro atoms. The van der Waals surface area contributed by atoms with Crippen molar-refractivity contribution in [2.45, 2.75) is 13.0 Å². The van der Waals surface area contributed by atoms with Crippen LogP contribution in [0.15, 0.2) is 18.2 Å². The molecule has 1 unspecified atom stereocenters. The molecular formula is C11H15N3O4. The number of hydrogen-bond acceptors (Lipinski definition) is 5. The lowest BCUT2D eigenvalue weighted by atomic mass is 10.1. The summed E-state index contributed by atoms with van der Waals surface area (Å²) in [5.74, 6) is -0.632. The Morgan fingerprint density at radius 3 is 2.78 bits per heavy atom. The summed E-state index contributed by atoms with van der Waals surface area (Å²) >= 11 is 0. The van der Waals surface area contributed by atoms with Gasteiger partial charge in [0.15, 0.2) is 0 Å². The first-order chi connectivity index (χ1) is 8.45. The van der Waals surface area contributed by atoms with Crippen LogP contribution in [0.25, 0.3) is 0 Å². The Hall–Kier alpha value is -2.15. The number of hydrogen-bond donors (Lipinski definition) is 2. The molecule has 18 heavy (non-hydrogen) atoms. The minimum Gasteiger partial charge on any atom is -0.383 e. The van der Waals surface area contributed by atoms with Gasteiger partial charge in [-0.25, -0.2) is 0 Å². The number of ether oxygens (including phenoxy) is 1. The van der Waals surface area contributed by atoms with E-state index in [9.17, 15) is 14.9 Å². The number of benzene rings is 1. The molecule has 0 bridgehead atoms. The molecule has 7 nitrogen and oxygen atoms in total. The van der Waals surface area contributed by atoms with Crippen molar-refractivity contribution in [2.75, 3.05) is 19.0 Å². The number of nitrogens with one attached hydrogen (secondary N) is 1. The molecule has 1 atom stereocenters. The first kappa shape index (κ1) is 13.9. The second kappa shape index (κ2) is 5.97. The highest BCUT2D eigenvalue weighted by Crippen LogP contribution is 2.26. The van der Waals surface area contributed by atoms with Crippen molar-refractivity contribution in [1.29, 1.82) is 0 Å². The fraction of sp³-hybridized carbons (Fsp3) is 0.364. The molecule has 0 fully saturated rings. The van der Waals surface area contributed by atoms with Gasteiger partial charge in [-0.15, -0.1) is 0 Å². The maximum atomic E-state index is 11.0. The summed E-state index contributed by atoms with van der Waals surface area (Å²) in [5.41, 5.74) is 5.49. The van der Waals surface area contributed by atoms with E-state index in [2.05, 4.69) is 5.32 Å². The van der Waals surface area contributed by atoms with E-state index in [-0.39, 0.29) is 23.0 Å². The molecule has 1 aromatic rings. The molecule has 0 aliphatic carbocycles. The van der Waals surface area contributed by atoms with E-state index < -0.39 is 10.8 Å². The van der Waals surface area contributed by atoms with Crippen LogP contribution in [-0.4, -0.2) is 30.6 Å². The lowest BCUT2D eigenvalue weighted by Gasteiger charge is -2.14. The van der Waals surface area contributed by atoms with Crippen LogP contribution < -0.4 is 11.1 Å². The summed E-state index contributed by atoms with van der Waals surface area (Å²) in [6, 6.07) is 3.82. The molecule has 1 aromatic carbocycles. The molecule has 0 radical (unpaired) electrons. The molecule has 0 saturated heterocycles. The standard InChI is InChI=1S/C11H15N3O4/c1-7(6-18-2)13-9-5-8(11(12)15)3-4-10(9)14(16)17/h3-5,7,13H,6H2,1-2H3,(H2,12,15). The number of nitrogens with zero attached hydrogens (tertiary/aromatic N) is 1. The maximum absolute atomic E-state index is 11.0. The molecule has 1 rings (SSSR count). The Morgan fingerprint density at radius 2 is 2.28 bits per heavy atom. The van der Waals surface area contributed by atoms with Gasteiger partial charge in [0.2, 0.25) is 5.91 Å². The summed E-state index contributed by atoms with van der Waals surface area (Å²) < 4.78 is 4.93. The second-order valence-corrected chi connectivity index (χ2v) is 3.85. The highest BCUT2D eigenvalue weighted by molar-refractivity contribution is 5.94. The third-order valence-corrected chi connectivity index (χ3v) is 2.30. The van der Waals surface area contributed by atoms with Gasteiger partial charge >= 0.3 is 0 Å². The fourth-order valence-corrected chi connectivity index (χ4v) is 1.52. The number of nitro groups is 1. The highest BCUT2D eigenvalue weighted by Gasteiger charge is 2.17. The monoisotopic (exact) mass is 253 g/mol. The van der Waals surface area contributed by atoms with Crippen molar-refractivity contribution in [1.82, 2.24) is 0 Å². The molecule has 7 heteroatoms. The first-order valence-corrected chi connectivity index (χ1v) is 5.29. The van der Waals surface area contributed by atoms with Gasteiger partial charge in [0.05, 0.1) is 11.5 Å². The summed E-state index contributed by atoms with van der Waals surface area (Å²) in [6.07, 6.45) is 0.